The van der Waals surface area contributed by atoms with Gasteiger partial charge in [-0.15, -0.1) is 0 Å². The number of carbonyl (C=O) groups excluding carboxylic acids is 6. The third-order valence-corrected chi connectivity index (χ3v) is 6.19. The largest absolute Gasteiger partial charge is 0.456 e. The second-order valence-corrected chi connectivity index (χ2v) is 9.58. The van der Waals surface area contributed by atoms with Gasteiger partial charge in [0.25, 0.3) is 0 Å². The molecule has 0 saturated carbocycles. The molecule has 0 N–H and O–H groups in total. The molecule has 2 fully saturated rings. The molecule has 2 heterocycles. The molecule has 0 aromatic heterocycles. The van der Waals surface area contributed by atoms with Gasteiger partial charge in [-0.25, -0.2) is 0 Å². The van der Waals surface area contributed by atoms with Crippen LogP contribution in [0.1, 0.15) is 54.4 Å². The SMILES string of the molecule is CO[C@H]1O[C@H](CC[C@H]2O[C@H](OC)[C@H](OC(C)=O)[C@H](OC(C)=O)[C@H]2OC(C)=O)[C@H](OC(C)=O)[C@H](OC(C)=O)[C@@H]1OC(C)=O. The van der Waals surface area contributed by atoms with E-state index >= 15 is 0 Å². The quantitative estimate of drug-likeness (QED) is 0.227. The molecule has 2 saturated heterocycles. The maximum atomic E-state index is 12.1. The molecule has 2 rings (SSSR count). The maximum Gasteiger partial charge on any atom is 0.303 e. The minimum Gasteiger partial charge on any atom is -0.456 e. The molecule has 0 amide bonds. The summed E-state index contributed by atoms with van der Waals surface area (Å²) in [7, 11) is 2.55. The Morgan fingerprint density at radius 1 is 0.429 bits per heavy atom. The Morgan fingerprint density at radius 2 is 0.667 bits per heavy atom. The maximum absolute atomic E-state index is 12.1. The van der Waals surface area contributed by atoms with Crippen LogP contribution in [-0.4, -0.2) is 111 Å². The molecule has 238 valence electrons. The molecule has 0 unspecified atom stereocenters. The van der Waals surface area contributed by atoms with Crippen LogP contribution in [0.2, 0.25) is 0 Å². The van der Waals surface area contributed by atoms with Crippen molar-refractivity contribution < 1.29 is 76.1 Å². The summed E-state index contributed by atoms with van der Waals surface area (Å²) in [5, 5.41) is 0. The van der Waals surface area contributed by atoms with Gasteiger partial charge >= 0.3 is 35.8 Å². The van der Waals surface area contributed by atoms with Crippen LogP contribution in [0, 0.1) is 0 Å². The number of esters is 6. The summed E-state index contributed by atoms with van der Waals surface area (Å²) in [6.45, 7) is 6.79. The standard InChI is InChI=1S/C26H38O16/c1-11(27)35-19-17(41-25(33-7)23(39-15(5)31)21(19)37-13(3)29)9-10-18-20(36-12(2)28)22(38-14(4)30)24(40-16(6)32)26(34-8)42-18/h17-26H,9-10H2,1-8H3/t17-,18-,19+,20+,21-,22+,23-,24+,25+,26+/m1/s1. The van der Waals surface area contributed by atoms with E-state index in [4.69, 9.17) is 47.4 Å². The van der Waals surface area contributed by atoms with Gasteiger partial charge in [0, 0.05) is 55.8 Å². The number of hydrogen-bond donors (Lipinski definition) is 0. The van der Waals surface area contributed by atoms with Gasteiger partial charge in [-0.05, 0) is 12.8 Å². The topological polar surface area (TPSA) is 195 Å². The molecule has 16 heteroatoms. The molecule has 2 aliphatic rings. The Kier molecular flexibility index (Phi) is 13.1. The number of ether oxygens (including phenoxy) is 10. The summed E-state index contributed by atoms with van der Waals surface area (Å²) >= 11 is 0. The zero-order chi connectivity index (χ0) is 31.7. The predicted molar refractivity (Wildman–Crippen MR) is 134 cm³/mol. The summed E-state index contributed by atoms with van der Waals surface area (Å²) < 4.78 is 55.0. The average molecular weight is 607 g/mol. The van der Waals surface area contributed by atoms with E-state index in [0.29, 0.717) is 0 Å². The molecule has 16 nitrogen and oxygen atoms in total. The first-order chi connectivity index (χ1) is 19.7. The van der Waals surface area contributed by atoms with Gasteiger partial charge in [-0.1, -0.05) is 0 Å². The summed E-state index contributed by atoms with van der Waals surface area (Å²) in [5.74, 6) is -4.45. The highest BCUT2D eigenvalue weighted by atomic mass is 16.7. The van der Waals surface area contributed by atoms with E-state index in [1.165, 1.54) is 14.2 Å². The van der Waals surface area contributed by atoms with Crippen LogP contribution in [0.15, 0.2) is 0 Å². The van der Waals surface area contributed by atoms with Crippen LogP contribution >= 0.6 is 0 Å². The second kappa shape index (κ2) is 15.8. The number of rotatable bonds is 11. The van der Waals surface area contributed by atoms with Gasteiger partial charge in [-0.2, -0.15) is 0 Å². The van der Waals surface area contributed by atoms with Crippen molar-refractivity contribution in [2.75, 3.05) is 14.2 Å². The fraction of sp³-hybridized carbons (Fsp3) is 0.769. The van der Waals surface area contributed by atoms with Gasteiger partial charge < -0.3 is 47.4 Å². The normalized spacial score (nSPS) is 32.6. The van der Waals surface area contributed by atoms with E-state index in [-0.39, 0.29) is 12.8 Å². The van der Waals surface area contributed by atoms with E-state index in [2.05, 4.69) is 0 Å². The molecule has 42 heavy (non-hydrogen) atoms. The van der Waals surface area contributed by atoms with E-state index < -0.39 is 97.2 Å². The number of methoxy groups -OCH3 is 2. The molecule has 0 spiro atoms. The van der Waals surface area contributed by atoms with E-state index in [1.54, 1.807) is 0 Å². The van der Waals surface area contributed by atoms with Gasteiger partial charge in [-0.3, -0.25) is 28.8 Å². The first-order valence-corrected chi connectivity index (χ1v) is 13.1. The number of carbonyl (C=O) groups is 6. The van der Waals surface area contributed by atoms with Crippen LogP contribution in [0.25, 0.3) is 0 Å². The highest BCUT2D eigenvalue weighted by Gasteiger charge is 2.54. The van der Waals surface area contributed by atoms with E-state index in [1.807, 2.05) is 0 Å². The zero-order valence-corrected chi connectivity index (χ0v) is 24.7. The lowest BCUT2D eigenvalue weighted by Crippen LogP contribution is -2.63. The Hall–Kier alpha value is -3.34. The lowest BCUT2D eigenvalue weighted by atomic mass is 9.90. The third kappa shape index (κ3) is 9.61. The van der Waals surface area contributed by atoms with Crippen molar-refractivity contribution in [1.82, 2.24) is 0 Å². The molecule has 2 aliphatic heterocycles. The molecule has 0 bridgehead atoms. The van der Waals surface area contributed by atoms with Crippen molar-refractivity contribution in [3.05, 3.63) is 0 Å². The molecule has 0 aromatic carbocycles. The third-order valence-electron chi connectivity index (χ3n) is 6.19. The molecule has 10 atom stereocenters. The Balaban J connectivity index is 2.45. The lowest BCUT2D eigenvalue weighted by molar-refractivity contribution is -0.308. The van der Waals surface area contributed by atoms with Gasteiger partial charge in [0.1, 0.15) is 12.2 Å². The first kappa shape index (κ1) is 34.9. The Labute approximate surface area is 242 Å². The number of hydrogen-bond acceptors (Lipinski definition) is 16. The summed E-state index contributed by atoms with van der Waals surface area (Å²) in [4.78, 5) is 71.7. The minimum absolute atomic E-state index is 0.00769. The van der Waals surface area contributed by atoms with Crippen LogP contribution < -0.4 is 0 Å². The second-order valence-electron chi connectivity index (χ2n) is 9.58. The van der Waals surface area contributed by atoms with E-state index in [9.17, 15) is 28.8 Å². The fourth-order valence-electron chi connectivity index (χ4n) is 4.88. The summed E-state index contributed by atoms with van der Waals surface area (Å²) in [6.07, 6.45) is -12.3. The molecular formula is C26H38O16. The first-order valence-electron chi connectivity index (χ1n) is 13.1. The predicted octanol–water partition coefficient (Wildman–Crippen LogP) is 0.0994. The molecule has 0 aliphatic carbocycles. The van der Waals surface area contributed by atoms with Crippen LogP contribution in [0.4, 0.5) is 0 Å². The van der Waals surface area contributed by atoms with Crippen molar-refractivity contribution in [3.8, 4) is 0 Å². The highest BCUT2D eigenvalue weighted by molar-refractivity contribution is 5.69. The van der Waals surface area contributed by atoms with Crippen LogP contribution in [0.3, 0.4) is 0 Å². The average Bonchev–Trinajstić information content (AvgIpc) is 2.86. The molecular weight excluding hydrogens is 568 g/mol. The van der Waals surface area contributed by atoms with Crippen LogP contribution in [-0.2, 0) is 76.1 Å². The smallest absolute Gasteiger partial charge is 0.303 e. The van der Waals surface area contributed by atoms with Crippen molar-refractivity contribution in [3.63, 3.8) is 0 Å². The minimum atomic E-state index is -1.32. The fourth-order valence-corrected chi connectivity index (χ4v) is 4.88. The monoisotopic (exact) mass is 606 g/mol. The van der Waals surface area contributed by atoms with Gasteiger partial charge in [0.15, 0.2) is 49.2 Å². The Bertz CT molecular complexity index is 919. The van der Waals surface area contributed by atoms with E-state index in [0.717, 1.165) is 41.5 Å². The zero-order valence-electron chi connectivity index (χ0n) is 24.7. The van der Waals surface area contributed by atoms with Crippen molar-refractivity contribution in [2.45, 2.75) is 116 Å². The summed E-state index contributed by atoms with van der Waals surface area (Å²) in [6, 6.07) is 0. The van der Waals surface area contributed by atoms with Gasteiger partial charge in [0.05, 0.1) is 0 Å². The lowest BCUT2D eigenvalue weighted by Gasteiger charge is -2.46. The summed E-state index contributed by atoms with van der Waals surface area (Å²) in [5.41, 5.74) is 0. The Morgan fingerprint density at radius 3 is 0.905 bits per heavy atom. The van der Waals surface area contributed by atoms with Crippen molar-refractivity contribution in [1.29, 1.82) is 0 Å². The van der Waals surface area contributed by atoms with Crippen LogP contribution in [0.5, 0.6) is 0 Å². The molecule has 0 aromatic rings. The molecule has 0 radical (unpaired) electrons. The van der Waals surface area contributed by atoms with Crippen molar-refractivity contribution >= 4 is 35.8 Å². The van der Waals surface area contributed by atoms with Gasteiger partial charge in [0.2, 0.25) is 0 Å². The van der Waals surface area contributed by atoms with Crippen molar-refractivity contribution in [2.24, 2.45) is 0 Å². The highest BCUT2D eigenvalue weighted by Crippen LogP contribution is 2.35.